The molecule has 0 amide bonds. The third-order valence-corrected chi connectivity index (χ3v) is 3.73. The van der Waals surface area contributed by atoms with Crippen molar-refractivity contribution in [3.05, 3.63) is 0 Å². The molecule has 0 radical (unpaired) electrons. The third kappa shape index (κ3) is 2.55. The molecule has 0 atom stereocenters. The van der Waals surface area contributed by atoms with Gasteiger partial charge in [0.1, 0.15) is 0 Å². The van der Waals surface area contributed by atoms with E-state index in [1.54, 1.807) is 0 Å². The second-order valence-corrected chi connectivity index (χ2v) is 5.20. The van der Waals surface area contributed by atoms with Crippen LogP contribution in [-0.4, -0.2) is 30.5 Å². The highest BCUT2D eigenvalue weighted by Crippen LogP contribution is 2.53. The fraction of sp³-hybridized carbons (Fsp3) is 1.00. The van der Waals surface area contributed by atoms with Crippen LogP contribution in [0.25, 0.3) is 0 Å². The molecule has 1 spiro atoms. The Hall–Kier alpha value is -0.180. The molecule has 1 heterocycles. The van der Waals surface area contributed by atoms with Gasteiger partial charge in [-0.15, -0.1) is 0 Å². The maximum Gasteiger partial charge on any atom is 0.267 e. The third-order valence-electron chi connectivity index (χ3n) is 3.73. The molecule has 1 saturated heterocycles. The van der Waals surface area contributed by atoms with Gasteiger partial charge in [-0.2, -0.15) is 0 Å². The number of hydrogen-bond acceptors (Lipinski definition) is 1. The van der Waals surface area contributed by atoms with Gasteiger partial charge in [-0.05, 0) is 19.4 Å². The molecule has 2 aliphatic rings. The Morgan fingerprint density at radius 1 is 1.00 bits per heavy atom. The summed E-state index contributed by atoms with van der Waals surface area (Å²) in [4.78, 5) is 1.89. The lowest BCUT2D eigenvalue weighted by Gasteiger charge is -2.29. The van der Waals surface area contributed by atoms with Gasteiger partial charge in [-0.1, -0.05) is 40.0 Å². The first kappa shape index (κ1) is 13.9. The highest BCUT2D eigenvalue weighted by molar-refractivity contribution is 5.04. The quantitative estimate of drug-likeness (QED) is 0.663. The molecule has 1 nitrogen and oxygen atoms in total. The van der Waals surface area contributed by atoms with Crippen LogP contribution in [0, 0.1) is 5.41 Å². The summed E-state index contributed by atoms with van der Waals surface area (Å²) in [6, 6.07) is 0. The van der Waals surface area contributed by atoms with Crippen molar-refractivity contribution in [2.24, 2.45) is 5.41 Å². The van der Waals surface area contributed by atoms with Gasteiger partial charge < -0.3 is 0 Å². The monoisotopic (exact) mass is 233 g/mol. The molecule has 0 unspecified atom stereocenters. The van der Waals surface area contributed by atoms with E-state index in [1.807, 2.05) is 11.8 Å². The Bertz CT molecular complexity index is 210. The first-order valence-corrected chi connectivity index (χ1v) is 6.61. The maximum atomic E-state index is 13.7. The van der Waals surface area contributed by atoms with E-state index in [4.69, 9.17) is 0 Å². The summed E-state index contributed by atoms with van der Waals surface area (Å²) in [5.74, 6) is -2.43. The minimum atomic E-state index is -2.43. The van der Waals surface area contributed by atoms with Crippen molar-refractivity contribution in [3.8, 4) is 0 Å². The summed E-state index contributed by atoms with van der Waals surface area (Å²) in [6.07, 6.45) is 4.70. The van der Waals surface area contributed by atoms with Gasteiger partial charge in [-0.3, -0.25) is 4.90 Å². The number of likely N-dealkylation sites (tertiary alicyclic amines) is 1. The van der Waals surface area contributed by atoms with Crippen LogP contribution in [0.2, 0.25) is 0 Å². The van der Waals surface area contributed by atoms with Crippen LogP contribution in [0.1, 0.15) is 52.9 Å². The van der Waals surface area contributed by atoms with Crippen LogP contribution in [0.4, 0.5) is 8.78 Å². The van der Waals surface area contributed by atoms with Crippen LogP contribution in [0.3, 0.4) is 0 Å². The van der Waals surface area contributed by atoms with E-state index in [1.165, 1.54) is 6.42 Å². The summed E-state index contributed by atoms with van der Waals surface area (Å²) in [7, 11) is 0. The minimum Gasteiger partial charge on any atom is -0.297 e. The van der Waals surface area contributed by atoms with Gasteiger partial charge in [0.2, 0.25) is 0 Å². The maximum absolute atomic E-state index is 13.7. The number of nitrogens with zero attached hydrogens (tertiary/aromatic N) is 1. The molecule has 0 aromatic carbocycles. The Balaban J connectivity index is 0.000000386. The van der Waals surface area contributed by atoms with Crippen molar-refractivity contribution in [1.29, 1.82) is 0 Å². The molecule has 0 N–H and O–H groups in total. The summed E-state index contributed by atoms with van der Waals surface area (Å²) in [6.45, 7) is 7.58. The molecule has 16 heavy (non-hydrogen) atoms. The lowest BCUT2D eigenvalue weighted by Crippen LogP contribution is -2.37. The molecule has 1 aliphatic heterocycles. The van der Waals surface area contributed by atoms with Crippen molar-refractivity contribution in [3.63, 3.8) is 0 Å². The molecule has 2 rings (SSSR count). The molecular weight excluding hydrogens is 208 g/mol. The summed E-state index contributed by atoms with van der Waals surface area (Å²) in [5.41, 5.74) is -0.650. The van der Waals surface area contributed by atoms with Crippen molar-refractivity contribution in [2.75, 3.05) is 19.6 Å². The molecule has 0 aromatic heterocycles. The highest BCUT2D eigenvalue weighted by atomic mass is 19.3. The summed E-state index contributed by atoms with van der Waals surface area (Å²) >= 11 is 0. The number of rotatable bonds is 1. The van der Waals surface area contributed by atoms with Crippen molar-refractivity contribution in [1.82, 2.24) is 4.90 Å². The zero-order chi connectivity index (χ0) is 12.2. The first-order chi connectivity index (χ1) is 7.51. The second-order valence-electron chi connectivity index (χ2n) is 5.20. The molecule has 2 fully saturated rings. The van der Waals surface area contributed by atoms with E-state index in [9.17, 15) is 8.78 Å². The van der Waals surface area contributed by atoms with Gasteiger partial charge in [0.05, 0.1) is 6.54 Å². The van der Waals surface area contributed by atoms with Crippen molar-refractivity contribution < 1.29 is 8.78 Å². The predicted molar refractivity (Wildman–Crippen MR) is 63.9 cm³/mol. The Morgan fingerprint density at radius 2 is 1.50 bits per heavy atom. The van der Waals surface area contributed by atoms with E-state index >= 15 is 0 Å². The second kappa shape index (κ2) is 5.44. The number of halogens is 2. The zero-order valence-corrected chi connectivity index (χ0v) is 10.9. The molecular formula is C13H25F2N. The molecule has 96 valence electrons. The molecule has 0 bridgehead atoms. The van der Waals surface area contributed by atoms with Crippen LogP contribution in [0.5, 0.6) is 0 Å². The van der Waals surface area contributed by atoms with Crippen LogP contribution < -0.4 is 0 Å². The summed E-state index contributed by atoms with van der Waals surface area (Å²) < 4.78 is 27.4. The van der Waals surface area contributed by atoms with E-state index in [-0.39, 0.29) is 6.54 Å². The topological polar surface area (TPSA) is 3.24 Å². The highest BCUT2D eigenvalue weighted by Gasteiger charge is 2.60. The lowest BCUT2D eigenvalue weighted by molar-refractivity contribution is -0.0811. The van der Waals surface area contributed by atoms with E-state index < -0.39 is 11.3 Å². The van der Waals surface area contributed by atoms with Gasteiger partial charge in [0, 0.05) is 12.0 Å². The van der Waals surface area contributed by atoms with E-state index in [0.717, 1.165) is 32.2 Å². The Kier molecular flexibility index (Phi) is 4.72. The Labute approximate surface area is 98.2 Å². The predicted octanol–water partition coefficient (Wildman–Crippen LogP) is 3.93. The average Bonchev–Trinajstić information content (AvgIpc) is 2.76. The molecule has 1 aliphatic carbocycles. The fourth-order valence-corrected chi connectivity index (χ4v) is 2.85. The molecule has 0 aromatic rings. The van der Waals surface area contributed by atoms with Gasteiger partial charge in [0.15, 0.2) is 0 Å². The fourth-order valence-electron chi connectivity index (χ4n) is 2.85. The molecule has 3 heteroatoms. The average molecular weight is 233 g/mol. The molecule has 1 saturated carbocycles. The largest absolute Gasteiger partial charge is 0.297 e. The van der Waals surface area contributed by atoms with Gasteiger partial charge in [0.25, 0.3) is 5.92 Å². The first-order valence-electron chi connectivity index (χ1n) is 6.61. The van der Waals surface area contributed by atoms with E-state index in [2.05, 4.69) is 13.8 Å². The van der Waals surface area contributed by atoms with Crippen molar-refractivity contribution in [2.45, 2.75) is 58.8 Å². The SMILES string of the molecule is CCC.CCN1CC(F)(F)C2(CCCC2)C1. The van der Waals surface area contributed by atoms with Gasteiger partial charge >= 0.3 is 0 Å². The van der Waals surface area contributed by atoms with Crippen LogP contribution in [0.15, 0.2) is 0 Å². The standard InChI is InChI=1S/C10H17F2N.C3H8/c1-2-13-7-9(5-3-4-6-9)10(11,12)8-13;1-3-2/h2-8H2,1H3;3H2,1-2H3. The van der Waals surface area contributed by atoms with Crippen molar-refractivity contribution >= 4 is 0 Å². The number of hydrogen-bond donors (Lipinski definition) is 0. The number of alkyl halides is 2. The smallest absolute Gasteiger partial charge is 0.267 e. The Morgan fingerprint density at radius 3 is 1.88 bits per heavy atom. The minimum absolute atomic E-state index is 0.0104. The van der Waals surface area contributed by atoms with E-state index in [0.29, 0.717) is 6.54 Å². The normalized spacial score (nSPS) is 26.8. The lowest BCUT2D eigenvalue weighted by atomic mass is 9.82. The van der Waals surface area contributed by atoms with Crippen LogP contribution >= 0.6 is 0 Å². The zero-order valence-electron chi connectivity index (χ0n) is 10.9. The summed E-state index contributed by atoms with van der Waals surface area (Å²) in [5, 5.41) is 0. The van der Waals surface area contributed by atoms with Gasteiger partial charge in [-0.25, -0.2) is 8.78 Å². The van der Waals surface area contributed by atoms with Crippen LogP contribution in [-0.2, 0) is 0 Å².